The van der Waals surface area contributed by atoms with Gasteiger partial charge in [-0.05, 0) is 108 Å². The Morgan fingerprint density at radius 2 is 1.16 bits per heavy atom. The topological polar surface area (TPSA) is 19.4 Å². The highest BCUT2D eigenvalue weighted by Crippen LogP contribution is 2.48. The molecule has 0 unspecified atom stereocenters. The van der Waals surface area contributed by atoms with Crippen molar-refractivity contribution in [3.63, 3.8) is 0 Å². The van der Waals surface area contributed by atoms with Crippen molar-refractivity contribution in [3.8, 4) is 22.5 Å². The minimum Gasteiger partial charge on any atom is -0.455 e. The van der Waals surface area contributed by atoms with Crippen molar-refractivity contribution in [1.82, 2.24) is 4.58 Å². The van der Waals surface area contributed by atoms with Gasteiger partial charge >= 0.3 is 0 Å². The summed E-state index contributed by atoms with van der Waals surface area (Å²) in [5.74, 6) is 0.952. The van der Waals surface area contributed by atoms with E-state index in [0.717, 1.165) is 27.9 Å². The second-order valence-electron chi connectivity index (χ2n) is 11.6. The number of benzene rings is 3. The lowest BCUT2D eigenvalue weighted by Gasteiger charge is -2.29. The molecule has 0 amide bonds. The third-order valence-corrected chi connectivity index (χ3v) is 9.18. The molecular weight excluding hydrogens is 462 g/mol. The van der Waals surface area contributed by atoms with Gasteiger partial charge in [-0.25, -0.2) is 4.58 Å². The van der Waals surface area contributed by atoms with Crippen LogP contribution in [0.4, 0.5) is 5.69 Å². The summed E-state index contributed by atoms with van der Waals surface area (Å²) in [5.41, 5.74) is 19.4. The van der Waals surface area contributed by atoms with E-state index in [0.29, 0.717) is 0 Å². The molecular formula is C33H42B2N2O+. The molecule has 195 valence electrons. The van der Waals surface area contributed by atoms with Crippen LogP contribution < -0.4 is 20.3 Å². The molecule has 0 saturated carbocycles. The fourth-order valence-electron chi connectivity index (χ4n) is 6.77. The summed E-state index contributed by atoms with van der Waals surface area (Å²) in [6.45, 7) is 22.2. The summed E-state index contributed by atoms with van der Waals surface area (Å²) >= 11 is 0. The lowest BCUT2D eigenvalue weighted by atomic mass is 9.48. The van der Waals surface area contributed by atoms with Gasteiger partial charge in [-0.2, -0.15) is 0 Å². The zero-order valence-electron chi connectivity index (χ0n) is 26.0. The van der Waals surface area contributed by atoms with Crippen molar-refractivity contribution in [2.45, 2.75) is 69.2 Å². The highest BCUT2D eigenvalue weighted by molar-refractivity contribution is 6.98. The minimum absolute atomic E-state index is 0.952. The Morgan fingerprint density at radius 1 is 0.605 bits per heavy atom. The summed E-state index contributed by atoms with van der Waals surface area (Å²) in [4.78, 5) is 2.21. The molecule has 5 heteroatoms. The van der Waals surface area contributed by atoms with Gasteiger partial charge in [-0.15, -0.1) is 0 Å². The molecule has 0 aromatic heterocycles. The van der Waals surface area contributed by atoms with E-state index < -0.39 is 0 Å². The monoisotopic (exact) mass is 504 g/mol. The molecule has 1 aliphatic carbocycles. The van der Waals surface area contributed by atoms with Gasteiger partial charge in [0.2, 0.25) is 5.36 Å². The second-order valence-corrected chi connectivity index (χ2v) is 11.6. The van der Waals surface area contributed by atoms with Gasteiger partial charge in [0.25, 0.3) is 0 Å². The van der Waals surface area contributed by atoms with E-state index >= 15 is 0 Å². The van der Waals surface area contributed by atoms with Gasteiger partial charge in [0.1, 0.15) is 25.4 Å². The maximum Gasteiger partial charge on any atom is 0.209 e. The molecule has 0 N–H and O–H groups in total. The van der Waals surface area contributed by atoms with Gasteiger partial charge in [-0.1, -0.05) is 11.0 Å². The largest absolute Gasteiger partial charge is 0.455 e. The highest BCUT2D eigenvalue weighted by atomic mass is 16.3. The molecule has 1 heterocycles. The first-order chi connectivity index (χ1) is 17.7. The summed E-state index contributed by atoms with van der Waals surface area (Å²) < 4.78 is 9.23. The van der Waals surface area contributed by atoms with Crippen LogP contribution in [-0.4, -0.2) is 43.1 Å². The van der Waals surface area contributed by atoms with Crippen molar-refractivity contribution in [2.75, 3.05) is 33.1 Å². The van der Waals surface area contributed by atoms with Crippen molar-refractivity contribution >= 4 is 37.0 Å². The number of aryl methyl sites for hydroxylation is 2. The van der Waals surface area contributed by atoms with E-state index in [1.165, 1.54) is 77.6 Å². The Bertz CT molecular complexity index is 1690. The smallest absolute Gasteiger partial charge is 0.209 e. The first-order valence-electron chi connectivity index (χ1n) is 13.5. The fourth-order valence-corrected chi connectivity index (χ4v) is 6.77. The lowest BCUT2D eigenvalue weighted by Crippen LogP contribution is -2.30. The zero-order chi connectivity index (χ0) is 28.5. The molecule has 0 spiro atoms. The fraction of sp³-hybridized carbons (Fsp3) is 0.424. The minimum atomic E-state index is 0.952. The van der Waals surface area contributed by atoms with Gasteiger partial charge in [0.15, 0.2) is 0 Å². The molecule has 4 rings (SSSR count). The predicted octanol–water partition coefficient (Wildman–Crippen LogP) is 5.80. The molecule has 2 aliphatic rings. The van der Waals surface area contributed by atoms with E-state index in [4.69, 9.17) is 12.2 Å². The van der Waals surface area contributed by atoms with Crippen LogP contribution in [-0.2, 0) is 0 Å². The van der Waals surface area contributed by atoms with E-state index in [9.17, 15) is 0 Å². The van der Waals surface area contributed by atoms with Crippen LogP contribution in [0.5, 0.6) is 0 Å². The van der Waals surface area contributed by atoms with Gasteiger partial charge in [0, 0.05) is 55.2 Å². The van der Waals surface area contributed by atoms with Crippen molar-refractivity contribution in [2.24, 2.45) is 0 Å². The maximum absolute atomic E-state index is 7.03. The summed E-state index contributed by atoms with van der Waals surface area (Å²) in [6.07, 6.45) is 0. The number of anilines is 1. The van der Waals surface area contributed by atoms with Crippen LogP contribution in [0.3, 0.4) is 0 Å². The van der Waals surface area contributed by atoms with Crippen LogP contribution in [0.2, 0.25) is 0 Å². The number of rotatable bonds is 3. The first-order valence-corrected chi connectivity index (χ1v) is 13.5. The Balaban J connectivity index is 2.53. The van der Waals surface area contributed by atoms with E-state index in [1.54, 1.807) is 7.17 Å². The third-order valence-electron chi connectivity index (χ3n) is 9.18. The summed E-state index contributed by atoms with van der Waals surface area (Å²) in [5, 5.41) is 2.41. The zero-order valence-corrected chi connectivity index (χ0v) is 26.0. The molecule has 1 aliphatic heterocycles. The van der Waals surface area contributed by atoms with Crippen LogP contribution >= 0.6 is 0 Å². The number of fused-ring (bicyclic) bond motifs is 2. The molecule has 3 nitrogen and oxygen atoms in total. The van der Waals surface area contributed by atoms with Crippen molar-refractivity contribution in [1.29, 1.82) is 0 Å². The Morgan fingerprint density at radius 3 is 1.68 bits per heavy atom. The molecule has 0 fully saturated rings. The number of hydrogen-bond donors (Lipinski definition) is 0. The summed E-state index contributed by atoms with van der Waals surface area (Å²) in [6, 6.07) is 0. The van der Waals surface area contributed by atoms with E-state index in [2.05, 4.69) is 107 Å². The first kappa shape index (κ1) is 28.1. The maximum atomic E-state index is 7.03. The van der Waals surface area contributed by atoms with Crippen LogP contribution in [0.1, 0.15) is 55.6 Å². The molecule has 0 saturated heterocycles. The lowest BCUT2D eigenvalue weighted by molar-refractivity contribution is 0.607. The van der Waals surface area contributed by atoms with Crippen LogP contribution in [0.15, 0.2) is 4.42 Å². The van der Waals surface area contributed by atoms with E-state index in [-0.39, 0.29) is 0 Å². The Labute approximate surface area is 231 Å². The van der Waals surface area contributed by atoms with Gasteiger partial charge in [0.05, 0.1) is 12.7 Å². The number of nitrogens with zero attached hydrogens (tertiary/aromatic N) is 2. The normalized spacial score (nSPS) is 11.5. The van der Waals surface area contributed by atoms with E-state index in [1.807, 2.05) is 0 Å². The molecule has 2 aromatic rings. The second kappa shape index (κ2) is 9.67. The molecule has 38 heavy (non-hydrogen) atoms. The Kier molecular flexibility index (Phi) is 7.14. The third kappa shape index (κ3) is 3.76. The molecule has 0 atom stereocenters. The predicted molar refractivity (Wildman–Crippen MR) is 168 cm³/mol. The van der Waals surface area contributed by atoms with Crippen molar-refractivity contribution in [3.05, 3.63) is 61.0 Å². The van der Waals surface area contributed by atoms with Gasteiger partial charge < -0.3 is 9.32 Å². The van der Waals surface area contributed by atoms with Crippen LogP contribution in [0, 0.1) is 69.2 Å². The standard InChI is InChI=1S/C33H42B2N2O/c1-15-16(2)20(6)29(35-34)25(17(15)3)28-26-18(4)21(7)30(36(11)12)23(9)32(26)38-33-24(10)31(37(13)14)22(8)19(5)27(28)33/h1-14H3/q+1. The summed E-state index contributed by atoms with van der Waals surface area (Å²) in [7, 11) is 16.7. The average molecular weight is 504 g/mol. The Hall–Kier alpha value is -2.94. The highest BCUT2D eigenvalue weighted by Gasteiger charge is 2.31. The van der Waals surface area contributed by atoms with Crippen LogP contribution in [0.25, 0.3) is 33.4 Å². The molecule has 0 bridgehead atoms. The average Bonchev–Trinajstić information content (AvgIpc) is 2.85. The SMILES string of the molecule is [B][B]c1c(C)c(C)c(C)c(C)c1-c1c2c(C)c(C)c(=[N+](C)C)c(C)c-2oc2c(C)c(N(C)C)c(C)c(C)c12. The number of hydrogen-bond acceptors (Lipinski definition) is 2. The molecule has 2 aromatic carbocycles. The van der Waals surface area contributed by atoms with Crippen molar-refractivity contribution < 1.29 is 4.42 Å². The quantitative estimate of drug-likeness (QED) is 0.200. The molecule has 3 radical (unpaired) electrons. The van der Waals surface area contributed by atoms with Gasteiger partial charge in [-0.3, -0.25) is 0 Å².